The molecule has 0 spiro atoms. The van der Waals surface area contributed by atoms with Crippen LogP contribution in [0.25, 0.3) is 0 Å². The summed E-state index contributed by atoms with van der Waals surface area (Å²) in [6.07, 6.45) is 5.15. The number of rotatable bonds is 7. The minimum atomic E-state index is -0.430. The lowest BCUT2D eigenvalue weighted by molar-refractivity contribution is -0.122. The van der Waals surface area contributed by atoms with Crippen molar-refractivity contribution >= 4 is 11.6 Å². The van der Waals surface area contributed by atoms with E-state index in [1.54, 1.807) is 0 Å². The maximum absolute atomic E-state index is 12.7. The van der Waals surface area contributed by atoms with Crippen molar-refractivity contribution in [2.24, 2.45) is 0 Å². The number of ether oxygens (including phenoxy) is 1. The minimum Gasteiger partial charge on any atom is -0.490 e. The average molecular weight is 352 g/mol. The van der Waals surface area contributed by atoms with E-state index in [-0.39, 0.29) is 11.9 Å². The van der Waals surface area contributed by atoms with E-state index in [1.165, 1.54) is 12.8 Å². The highest BCUT2D eigenvalue weighted by Crippen LogP contribution is 2.26. The van der Waals surface area contributed by atoms with Gasteiger partial charge in [0, 0.05) is 11.7 Å². The van der Waals surface area contributed by atoms with E-state index in [2.05, 4.69) is 10.6 Å². The molecule has 3 rings (SSSR count). The van der Waals surface area contributed by atoms with Crippen LogP contribution in [0.1, 0.15) is 51.1 Å². The number of benzene rings is 2. The summed E-state index contributed by atoms with van der Waals surface area (Å²) < 4.78 is 6.01. The van der Waals surface area contributed by atoms with Crippen molar-refractivity contribution in [3.8, 4) is 5.75 Å². The Morgan fingerprint density at radius 1 is 1.00 bits per heavy atom. The maximum Gasteiger partial charge on any atom is 0.247 e. The number of carbonyl (C=O) groups is 1. The predicted molar refractivity (Wildman–Crippen MR) is 105 cm³/mol. The molecule has 2 aromatic rings. The van der Waals surface area contributed by atoms with E-state index in [1.807, 2.05) is 68.4 Å². The first kappa shape index (κ1) is 18.3. The van der Waals surface area contributed by atoms with Gasteiger partial charge in [-0.15, -0.1) is 0 Å². The molecule has 2 N–H and O–H groups in total. The molecule has 1 amide bonds. The topological polar surface area (TPSA) is 50.4 Å². The zero-order valence-corrected chi connectivity index (χ0v) is 15.6. The lowest BCUT2D eigenvalue weighted by Gasteiger charge is -2.21. The molecule has 0 heterocycles. The summed E-state index contributed by atoms with van der Waals surface area (Å²) in [4.78, 5) is 12.7. The summed E-state index contributed by atoms with van der Waals surface area (Å²) in [6.45, 7) is 3.93. The fraction of sp³-hybridized carbons (Fsp3) is 0.409. The molecule has 0 aromatic heterocycles. The smallest absolute Gasteiger partial charge is 0.247 e. The Labute approximate surface area is 156 Å². The van der Waals surface area contributed by atoms with Gasteiger partial charge in [0.15, 0.2) is 0 Å². The monoisotopic (exact) mass is 352 g/mol. The molecule has 1 aliphatic rings. The van der Waals surface area contributed by atoms with E-state index in [9.17, 15) is 4.79 Å². The molecule has 0 bridgehead atoms. The zero-order chi connectivity index (χ0) is 18.4. The van der Waals surface area contributed by atoms with E-state index >= 15 is 0 Å². The first-order valence-electron chi connectivity index (χ1n) is 9.50. The maximum atomic E-state index is 12.7. The summed E-state index contributed by atoms with van der Waals surface area (Å²) >= 11 is 0. The second kappa shape index (κ2) is 8.75. The van der Waals surface area contributed by atoms with Gasteiger partial charge >= 0.3 is 0 Å². The summed E-state index contributed by atoms with van der Waals surface area (Å²) in [7, 11) is 0. The van der Waals surface area contributed by atoms with Crippen LogP contribution in [0.5, 0.6) is 5.75 Å². The van der Waals surface area contributed by atoms with Gasteiger partial charge < -0.3 is 15.4 Å². The molecular weight excluding hydrogens is 324 g/mol. The number of amides is 1. The van der Waals surface area contributed by atoms with Crippen molar-refractivity contribution < 1.29 is 9.53 Å². The van der Waals surface area contributed by atoms with Crippen LogP contribution in [0, 0.1) is 0 Å². The molecule has 1 atom stereocenters. The second-order valence-corrected chi connectivity index (χ2v) is 7.20. The first-order valence-corrected chi connectivity index (χ1v) is 9.50. The summed E-state index contributed by atoms with van der Waals surface area (Å²) in [5, 5.41) is 6.35. The van der Waals surface area contributed by atoms with E-state index in [0.29, 0.717) is 6.10 Å². The molecule has 1 unspecified atom stereocenters. The summed E-state index contributed by atoms with van der Waals surface area (Å²) in [6, 6.07) is 17.4. The largest absolute Gasteiger partial charge is 0.490 e. The van der Waals surface area contributed by atoms with Crippen LogP contribution < -0.4 is 15.4 Å². The van der Waals surface area contributed by atoms with Crippen LogP contribution in [0.4, 0.5) is 5.69 Å². The van der Waals surface area contributed by atoms with Crippen LogP contribution in [-0.2, 0) is 4.79 Å². The van der Waals surface area contributed by atoms with Crippen LogP contribution in [0.3, 0.4) is 0 Å². The third-order valence-corrected chi connectivity index (χ3v) is 4.60. The van der Waals surface area contributed by atoms with E-state index < -0.39 is 6.04 Å². The summed E-state index contributed by atoms with van der Waals surface area (Å²) in [5.41, 5.74) is 1.84. The molecule has 138 valence electrons. The first-order chi connectivity index (χ1) is 12.6. The second-order valence-electron chi connectivity index (χ2n) is 7.20. The van der Waals surface area contributed by atoms with Crippen molar-refractivity contribution in [2.75, 3.05) is 5.32 Å². The van der Waals surface area contributed by atoms with Crippen molar-refractivity contribution in [2.45, 2.75) is 57.7 Å². The van der Waals surface area contributed by atoms with Crippen molar-refractivity contribution in [3.05, 3.63) is 60.2 Å². The lowest BCUT2D eigenvalue weighted by Crippen LogP contribution is -2.37. The van der Waals surface area contributed by atoms with Crippen molar-refractivity contribution in [1.82, 2.24) is 5.32 Å². The van der Waals surface area contributed by atoms with Gasteiger partial charge in [0.05, 0.1) is 6.10 Å². The molecule has 4 nitrogen and oxygen atoms in total. The van der Waals surface area contributed by atoms with Crippen LogP contribution in [-0.4, -0.2) is 18.1 Å². The molecule has 0 saturated heterocycles. The highest BCUT2D eigenvalue weighted by molar-refractivity contribution is 5.86. The van der Waals surface area contributed by atoms with Gasteiger partial charge in [-0.3, -0.25) is 4.79 Å². The van der Waals surface area contributed by atoms with Gasteiger partial charge in [0.2, 0.25) is 5.91 Å². The molecule has 1 saturated carbocycles. The highest BCUT2D eigenvalue weighted by atomic mass is 16.5. The van der Waals surface area contributed by atoms with Gasteiger partial charge in [0.25, 0.3) is 0 Å². The Kier molecular flexibility index (Phi) is 6.16. The average Bonchev–Trinajstić information content (AvgIpc) is 3.14. The third-order valence-electron chi connectivity index (χ3n) is 4.60. The van der Waals surface area contributed by atoms with Gasteiger partial charge in [-0.05, 0) is 69.4 Å². The van der Waals surface area contributed by atoms with E-state index in [0.717, 1.165) is 29.8 Å². The normalized spacial score (nSPS) is 15.7. The van der Waals surface area contributed by atoms with Gasteiger partial charge in [-0.1, -0.05) is 30.3 Å². The number of nitrogens with one attached hydrogen (secondary N) is 2. The fourth-order valence-electron chi connectivity index (χ4n) is 3.31. The molecule has 4 heteroatoms. The van der Waals surface area contributed by atoms with E-state index in [4.69, 9.17) is 4.74 Å². The Hall–Kier alpha value is -2.49. The quantitative estimate of drug-likeness (QED) is 0.760. The van der Waals surface area contributed by atoms with Gasteiger partial charge in [-0.25, -0.2) is 0 Å². The number of carbonyl (C=O) groups excluding carboxylic acids is 1. The van der Waals surface area contributed by atoms with Crippen molar-refractivity contribution in [3.63, 3.8) is 0 Å². The zero-order valence-electron chi connectivity index (χ0n) is 15.6. The standard InChI is InChI=1S/C22H28N2O2/c1-16(2)23-22(25)21(17-8-4-3-5-9-17)24-18-12-14-20(15-13-18)26-19-10-6-7-11-19/h3-5,8-9,12-16,19,21,24H,6-7,10-11H2,1-2H3,(H,23,25). The minimum absolute atomic E-state index is 0.0301. The van der Waals surface area contributed by atoms with Crippen LogP contribution in [0.15, 0.2) is 54.6 Å². The van der Waals surface area contributed by atoms with Crippen molar-refractivity contribution in [1.29, 1.82) is 0 Å². The Balaban J connectivity index is 1.70. The molecule has 0 radical (unpaired) electrons. The SMILES string of the molecule is CC(C)NC(=O)C(Nc1ccc(OC2CCCC2)cc1)c1ccccc1. The highest BCUT2D eigenvalue weighted by Gasteiger charge is 2.21. The van der Waals surface area contributed by atoms with Gasteiger partial charge in [0.1, 0.15) is 11.8 Å². The summed E-state index contributed by atoms with van der Waals surface area (Å²) in [5.74, 6) is 0.864. The lowest BCUT2D eigenvalue weighted by atomic mass is 10.1. The van der Waals surface area contributed by atoms with Crippen LogP contribution >= 0.6 is 0 Å². The number of hydrogen-bond donors (Lipinski definition) is 2. The fourth-order valence-corrected chi connectivity index (χ4v) is 3.31. The molecule has 26 heavy (non-hydrogen) atoms. The molecule has 1 aliphatic carbocycles. The molecule has 2 aromatic carbocycles. The number of hydrogen-bond acceptors (Lipinski definition) is 3. The Morgan fingerprint density at radius 2 is 1.65 bits per heavy atom. The third kappa shape index (κ3) is 5.01. The van der Waals surface area contributed by atoms with Crippen LogP contribution in [0.2, 0.25) is 0 Å². The Morgan fingerprint density at radius 3 is 2.27 bits per heavy atom. The van der Waals surface area contributed by atoms with Gasteiger partial charge in [-0.2, -0.15) is 0 Å². The predicted octanol–water partition coefficient (Wildman–Crippen LogP) is 4.69. The molecule has 0 aliphatic heterocycles. The molecular formula is C22H28N2O2. The molecule has 1 fully saturated rings. The number of anilines is 1. The Bertz CT molecular complexity index is 692.